The maximum Gasteiger partial charge on any atom is 0.186 e. The lowest BCUT2D eigenvalue weighted by atomic mass is 9.98. The third-order valence-electron chi connectivity index (χ3n) is 8.15. The lowest BCUT2D eigenvalue weighted by molar-refractivity contribution is -0.346. The van der Waals surface area contributed by atoms with E-state index in [0.29, 0.717) is 0 Å². The highest BCUT2D eigenvalue weighted by atomic mass is 16.7. The van der Waals surface area contributed by atoms with Crippen molar-refractivity contribution in [1.29, 1.82) is 0 Å². The third kappa shape index (κ3) is 7.91. The van der Waals surface area contributed by atoms with Crippen molar-refractivity contribution >= 4 is 0 Å². The number of rotatable bonds is 10. The van der Waals surface area contributed by atoms with E-state index >= 15 is 0 Å². The Labute approximate surface area is 254 Å². The Morgan fingerprint density at radius 3 is 0.978 bits per heavy atom. The Morgan fingerprint density at radius 1 is 0.333 bits per heavy atom. The predicted molar refractivity (Wildman–Crippen MR) is 134 cm³/mol. The van der Waals surface area contributed by atoms with Crippen LogP contribution in [0.4, 0.5) is 0 Å². The van der Waals surface area contributed by atoms with Crippen molar-refractivity contribution in [1.82, 2.24) is 0 Å². The van der Waals surface area contributed by atoms with Crippen LogP contribution < -0.4 is 0 Å². The standard InChI is InChI=1S/C24H42O21/c25-1-5-9(26)14(31)18(35)22(43-5)40-3-7-11(28)16(33)20(37)24(45-7)41-4-8-12(29)15(32)19(36)23(44-8)39-2-6-10(27)13(30)17(34)21(38)42-6/h5-38H,1-4H2/t5-,6-,7-,8-,9+,10-,11-,12+,13+,14+,15+,16+,17-,18-,19-,20-,21?,22+,23+,24-/m1/s1. The molecule has 45 heavy (non-hydrogen) atoms. The molecule has 4 fully saturated rings. The van der Waals surface area contributed by atoms with E-state index in [2.05, 4.69) is 0 Å². The van der Waals surface area contributed by atoms with Crippen molar-refractivity contribution in [2.75, 3.05) is 26.4 Å². The molecule has 0 aliphatic carbocycles. The second-order valence-corrected chi connectivity index (χ2v) is 11.3. The van der Waals surface area contributed by atoms with Crippen molar-refractivity contribution < 1.29 is 105 Å². The lowest BCUT2D eigenvalue weighted by Gasteiger charge is -2.44. The molecule has 4 rings (SSSR count). The zero-order valence-electron chi connectivity index (χ0n) is 23.5. The van der Waals surface area contributed by atoms with Gasteiger partial charge in [-0.15, -0.1) is 0 Å². The molecule has 14 N–H and O–H groups in total. The summed E-state index contributed by atoms with van der Waals surface area (Å²) in [6.07, 6.45) is -34.1. The van der Waals surface area contributed by atoms with Crippen molar-refractivity contribution in [2.45, 2.75) is 123 Å². The van der Waals surface area contributed by atoms with E-state index in [1.807, 2.05) is 0 Å². The first-order chi connectivity index (χ1) is 21.2. The molecule has 4 saturated heterocycles. The molecule has 4 aliphatic heterocycles. The van der Waals surface area contributed by atoms with Crippen LogP contribution in [0.25, 0.3) is 0 Å². The van der Waals surface area contributed by atoms with E-state index < -0.39 is 149 Å². The first kappa shape index (κ1) is 37.0. The minimum absolute atomic E-state index is 0.633. The molecule has 0 amide bonds. The molecular formula is C24H42O21. The van der Waals surface area contributed by atoms with Crippen LogP contribution in [0.3, 0.4) is 0 Å². The summed E-state index contributed by atoms with van der Waals surface area (Å²) in [6, 6.07) is 0. The van der Waals surface area contributed by atoms with Crippen LogP contribution in [0.2, 0.25) is 0 Å². The summed E-state index contributed by atoms with van der Waals surface area (Å²) in [5.74, 6) is 0. The van der Waals surface area contributed by atoms with Crippen LogP contribution in [0.1, 0.15) is 0 Å². The van der Waals surface area contributed by atoms with Gasteiger partial charge in [-0.25, -0.2) is 0 Å². The fourth-order valence-corrected chi connectivity index (χ4v) is 5.23. The zero-order valence-corrected chi connectivity index (χ0v) is 23.5. The number of hydrogen-bond donors (Lipinski definition) is 14. The Kier molecular flexibility index (Phi) is 12.8. The molecule has 1 unspecified atom stereocenters. The van der Waals surface area contributed by atoms with E-state index in [9.17, 15) is 71.5 Å². The number of hydrogen-bond acceptors (Lipinski definition) is 21. The van der Waals surface area contributed by atoms with Crippen LogP contribution in [-0.2, 0) is 33.2 Å². The van der Waals surface area contributed by atoms with E-state index in [1.54, 1.807) is 0 Å². The predicted octanol–water partition coefficient (Wildman–Crippen LogP) is -9.75. The van der Waals surface area contributed by atoms with Crippen molar-refractivity contribution in [3.63, 3.8) is 0 Å². The smallest absolute Gasteiger partial charge is 0.186 e. The summed E-state index contributed by atoms with van der Waals surface area (Å²) in [6.45, 7) is -2.67. The molecule has 0 aromatic carbocycles. The summed E-state index contributed by atoms with van der Waals surface area (Å²) in [7, 11) is 0. The summed E-state index contributed by atoms with van der Waals surface area (Å²) < 4.78 is 37.2. The molecule has 21 nitrogen and oxygen atoms in total. The van der Waals surface area contributed by atoms with Gasteiger partial charge in [-0.2, -0.15) is 0 Å². The van der Waals surface area contributed by atoms with Gasteiger partial charge in [0.15, 0.2) is 25.2 Å². The number of ether oxygens (including phenoxy) is 7. The van der Waals surface area contributed by atoms with E-state index in [0.717, 1.165) is 0 Å². The maximum atomic E-state index is 10.4. The molecule has 4 heterocycles. The lowest BCUT2D eigenvalue weighted by Crippen LogP contribution is -2.63. The van der Waals surface area contributed by atoms with Crippen LogP contribution in [-0.4, -0.2) is 221 Å². The van der Waals surface area contributed by atoms with Crippen molar-refractivity contribution in [3.05, 3.63) is 0 Å². The van der Waals surface area contributed by atoms with Crippen LogP contribution in [0.5, 0.6) is 0 Å². The first-order valence-electron chi connectivity index (χ1n) is 14.1. The molecule has 264 valence electrons. The normalized spacial score (nSPS) is 52.9. The molecule has 4 aliphatic rings. The van der Waals surface area contributed by atoms with Crippen molar-refractivity contribution in [3.8, 4) is 0 Å². The number of aliphatic hydroxyl groups excluding tert-OH is 14. The van der Waals surface area contributed by atoms with Gasteiger partial charge in [0.25, 0.3) is 0 Å². The molecule has 0 radical (unpaired) electrons. The largest absolute Gasteiger partial charge is 0.394 e. The maximum absolute atomic E-state index is 10.4. The average molecular weight is 667 g/mol. The minimum Gasteiger partial charge on any atom is -0.394 e. The van der Waals surface area contributed by atoms with E-state index in [1.165, 1.54) is 0 Å². The van der Waals surface area contributed by atoms with Crippen molar-refractivity contribution in [2.24, 2.45) is 0 Å². The topological polar surface area (TPSA) is 348 Å². The Bertz CT molecular complexity index is 916. The highest BCUT2D eigenvalue weighted by Gasteiger charge is 2.50. The summed E-state index contributed by atoms with van der Waals surface area (Å²) >= 11 is 0. The molecule has 20 atom stereocenters. The third-order valence-corrected chi connectivity index (χ3v) is 8.15. The Hall–Kier alpha value is -0.840. The quantitative estimate of drug-likeness (QED) is 0.103. The van der Waals surface area contributed by atoms with Gasteiger partial charge in [-0.3, -0.25) is 0 Å². The Balaban J connectivity index is 1.33. The highest BCUT2D eigenvalue weighted by molar-refractivity contribution is 4.94. The van der Waals surface area contributed by atoms with Crippen LogP contribution in [0, 0.1) is 0 Å². The van der Waals surface area contributed by atoms with Crippen LogP contribution >= 0.6 is 0 Å². The first-order valence-corrected chi connectivity index (χ1v) is 14.1. The van der Waals surface area contributed by atoms with Gasteiger partial charge >= 0.3 is 0 Å². The fourth-order valence-electron chi connectivity index (χ4n) is 5.23. The van der Waals surface area contributed by atoms with Gasteiger partial charge in [0.1, 0.15) is 97.7 Å². The summed E-state index contributed by atoms with van der Waals surface area (Å²) in [5, 5.41) is 141. The zero-order chi connectivity index (χ0) is 33.3. The van der Waals surface area contributed by atoms with E-state index in [4.69, 9.17) is 33.2 Å². The van der Waals surface area contributed by atoms with Crippen LogP contribution in [0.15, 0.2) is 0 Å². The SMILES string of the molecule is OC[C@H]1O[C@H](OC[C@H]2O[C@@H](OC[C@H]3O[C@H](OC[C@H]4OC(O)[C@H](O)[C@@H](O)[C@@H]4O)[C@H](O)[C@@H](O)[C@H]3O)[C@H](O)[C@@H](O)[C@@H]2O)[C@H](O)[C@@H](O)[C@H]1O. The molecule has 0 bridgehead atoms. The molecule has 0 aromatic rings. The second kappa shape index (κ2) is 15.6. The second-order valence-electron chi connectivity index (χ2n) is 11.3. The molecule has 0 spiro atoms. The number of aliphatic hydroxyl groups is 14. The summed E-state index contributed by atoms with van der Waals surface area (Å²) in [4.78, 5) is 0. The summed E-state index contributed by atoms with van der Waals surface area (Å²) in [5.41, 5.74) is 0. The van der Waals surface area contributed by atoms with Gasteiger partial charge in [-0.1, -0.05) is 0 Å². The van der Waals surface area contributed by atoms with Gasteiger partial charge in [-0.05, 0) is 0 Å². The molecule has 0 saturated carbocycles. The molecule has 0 aromatic heterocycles. The van der Waals surface area contributed by atoms with Gasteiger partial charge in [0, 0.05) is 0 Å². The monoisotopic (exact) mass is 666 g/mol. The van der Waals surface area contributed by atoms with Gasteiger partial charge in [0.05, 0.1) is 26.4 Å². The van der Waals surface area contributed by atoms with Gasteiger partial charge < -0.3 is 105 Å². The molecular weight excluding hydrogens is 624 g/mol. The highest BCUT2D eigenvalue weighted by Crippen LogP contribution is 2.29. The average Bonchev–Trinajstić information content (AvgIpc) is 3.02. The van der Waals surface area contributed by atoms with Gasteiger partial charge in [0.2, 0.25) is 0 Å². The minimum atomic E-state index is -1.88. The Morgan fingerprint density at radius 2 is 0.622 bits per heavy atom. The fraction of sp³-hybridized carbons (Fsp3) is 1.00. The molecule has 21 heteroatoms. The van der Waals surface area contributed by atoms with E-state index in [-0.39, 0.29) is 0 Å².